The zero-order valence-electron chi connectivity index (χ0n) is 17.6. The number of nitrogens with one attached hydrogen (secondary N) is 2. The number of carbonyl (C=O) groups excluding carboxylic acids is 1. The van der Waals surface area contributed by atoms with E-state index in [1.165, 1.54) is 13.0 Å². The van der Waals surface area contributed by atoms with Gasteiger partial charge in [0.25, 0.3) is 0 Å². The molecule has 2 N–H and O–H groups in total. The van der Waals surface area contributed by atoms with E-state index in [0.717, 1.165) is 17.4 Å². The Balaban J connectivity index is 2.06. The smallest absolute Gasteiger partial charge is 0.222 e. The van der Waals surface area contributed by atoms with Crippen LogP contribution in [0.5, 0.6) is 0 Å². The summed E-state index contributed by atoms with van der Waals surface area (Å²) in [7, 11) is -1.87. The number of amides is 1. The van der Waals surface area contributed by atoms with Crippen LogP contribution in [0.3, 0.4) is 0 Å². The van der Waals surface area contributed by atoms with E-state index in [4.69, 9.17) is 4.74 Å². The Morgan fingerprint density at radius 3 is 2.48 bits per heavy atom. The normalized spacial score (nSPS) is 11.2. The first-order valence-electron chi connectivity index (χ1n) is 9.33. The van der Waals surface area contributed by atoms with E-state index in [0.29, 0.717) is 35.2 Å². The molecule has 1 amide bonds. The summed E-state index contributed by atoms with van der Waals surface area (Å²) in [5, 5.41) is 5.75. The molecule has 0 saturated carbocycles. The SMILES string of the molecule is COCc1ccc(-c2cnc(NC(C)=O)cc2Nc2cc(C)cc(S(C)(=O)=O)n2)nc1. The lowest BCUT2D eigenvalue weighted by molar-refractivity contribution is -0.114. The van der Waals surface area contributed by atoms with Crippen LogP contribution in [0, 0.1) is 6.92 Å². The van der Waals surface area contributed by atoms with Crippen LogP contribution in [0.1, 0.15) is 18.1 Å². The Kier molecular flexibility index (Phi) is 6.62. The molecule has 0 fully saturated rings. The molecule has 0 atom stereocenters. The highest BCUT2D eigenvalue weighted by molar-refractivity contribution is 7.90. The third-order valence-electron chi connectivity index (χ3n) is 4.21. The average Bonchev–Trinajstić information content (AvgIpc) is 2.68. The molecule has 31 heavy (non-hydrogen) atoms. The van der Waals surface area contributed by atoms with E-state index < -0.39 is 9.84 Å². The number of rotatable bonds is 7. The van der Waals surface area contributed by atoms with Gasteiger partial charge in [0.1, 0.15) is 11.6 Å². The molecule has 0 spiro atoms. The number of methoxy groups -OCH3 is 1. The predicted molar refractivity (Wildman–Crippen MR) is 118 cm³/mol. The molecule has 3 aromatic heterocycles. The van der Waals surface area contributed by atoms with E-state index >= 15 is 0 Å². The molecule has 0 radical (unpaired) electrons. The second-order valence-corrected chi connectivity index (χ2v) is 9.01. The highest BCUT2D eigenvalue weighted by Gasteiger charge is 2.14. The molecule has 3 heterocycles. The van der Waals surface area contributed by atoms with Gasteiger partial charge in [-0.3, -0.25) is 9.78 Å². The molecule has 3 aromatic rings. The maximum atomic E-state index is 12.0. The lowest BCUT2D eigenvalue weighted by Gasteiger charge is -2.14. The molecule has 0 aliphatic carbocycles. The number of nitrogens with zero attached hydrogens (tertiary/aromatic N) is 3. The van der Waals surface area contributed by atoms with Crippen molar-refractivity contribution in [3.8, 4) is 11.3 Å². The molecule has 162 valence electrons. The average molecular weight is 442 g/mol. The third-order valence-corrected chi connectivity index (χ3v) is 5.18. The summed E-state index contributed by atoms with van der Waals surface area (Å²) >= 11 is 0. The zero-order valence-corrected chi connectivity index (χ0v) is 18.4. The lowest BCUT2D eigenvalue weighted by Crippen LogP contribution is -2.09. The molecule has 0 aromatic carbocycles. The number of carbonyl (C=O) groups is 1. The van der Waals surface area contributed by atoms with E-state index in [9.17, 15) is 13.2 Å². The highest BCUT2D eigenvalue weighted by Crippen LogP contribution is 2.31. The highest BCUT2D eigenvalue weighted by atomic mass is 32.2. The topological polar surface area (TPSA) is 123 Å². The van der Waals surface area contributed by atoms with Crippen LogP contribution in [0.2, 0.25) is 0 Å². The number of aromatic nitrogens is 3. The molecular formula is C21H23N5O4S. The molecule has 0 bridgehead atoms. The van der Waals surface area contributed by atoms with Crippen molar-refractivity contribution in [3.63, 3.8) is 0 Å². The monoisotopic (exact) mass is 441 g/mol. The quantitative estimate of drug-likeness (QED) is 0.573. The van der Waals surface area contributed by atoms with Crippen molar-refractivity contribution >= 4 is 33.1 Å². The Morgan fingerprint density at radius 2 is 1.87 bits per heavy atom. The van der Waals surface area contributed by atoms with Gasteiger partial charge in [0, 0.05) is 44.3 Å². The van der Waals surface area contributed by atoms with Gasteiger partial charge >= 0.3 is 0 Å². The van der Waals surface area contributed by atoms with E-state index in [2.05, 4.69) is 25.6 Å². The van der Waals surface area contributed by atoms with Gasteiger partial charge in [0.2, 0.25) is 5.91 Å². The van der Waals surface area contributed by atoms with Crippen molar-refractivity contribution < 1.29 is 17.9 Å². The van der Waals surface area contributed by atoms with Gasteiger partial charge < -0.3 is 15.4 Å². The number of hydrogen-bond acceptors (Lipinski definition) is 8. The minimum Gasteiger partial charge on any atom is -0.380 e. The van der Waals surface area contributed by atoms with Gasteiger partial charge in [-0.1, -0.05) is 6.07 Å². The molecule has 0 aliphatic rings. The molecule has 3 rings (SSSR count). The molecule has 0 aliphatic heterocycles. The first-order chi connectivity index (χ1) is 14.7. The van der Waals surface area contributed by atoms with Gasteiger partial charge in [-0.05, 0) is 36.2 Å². The second kappa shape index (κ2) is 9.19. The summed E-state index contributed by atoms with van der Waals surface area (Å²) in [6.45, 7) is 3.62. The molecule has 9 nitrogen and oxygen atoms in total. The maximum absolute atomic E-state index is 12.0. The van der Waals surface area contributed by atoms with Crippen LogP contribution in [-0.2, 0) is 26.0 Å². The van der Waals surface area contributed by atoms with Crippen LogP contribution < -0.4 is 10.6 Å². The number of pyridine rings is 3. The Morgan fingerprint density at radius 1 is 1.10 bits per heavy atom. The van der Waals surface area contributed by atoms with E-state index in [1.54, 1.807) is 38.6 Å². The minimum absolute atomic E-state index is 0.0327. The van der Waals surface area contributed by atoms with Crippen LogP contribution in [0.25, 0.3) is 11.3 Å². The summed E-state index contributed by atoms with van der Waals surface area (Å²) < 4.78 is 29.1. The fourth-order valence-electron chi connectivity index (χ4n) is 2.87. The van der Waals surface area contributed by atoms with Crippen molar-refractivity contribution in [2.75, 3.05) is 24.0 Å². The Labute approximate surface area is 180 Å². The second-order valence-electron chi connectivity index (χ2n) is 7.05. The van der Waals surface area contributed by atoms with Crippen molar-refractivity contribution in [3.05, 3.63) is 53.9 Å². The summed E-state index contributed by atoms with van der Waals surface area (Å²) in [5.41, 5.74) is 3.50. The molecular weight excluding hydrogens is 418 g/mol. The predicted octanol–water partition coefficient (Wildman–Crippen LogP) is 3.10. The van der Waals surface area contributed by atoms with Gasteiger partial charge in [0.05, 0.1) is 18.0 Å². The van der Waals surface area contributed by atoms with Gasteiger partial charge in [-0.15, -0.1) is 0 Å². The van der Waals surface area contributed by atoms with Crippen LogP contribution >= 0.6 is 0 Å². The fraction of sp³-hybridized carbons (Fsp3) is 0.238. The van der Waals surface area contributed by atoms with Crippen LogP contribution in [0.15, 0.2) is 47.8 Å². The number of hydrogen-bond donors (Lipinski definition) is 2. The van der Waals surface area contributed by atoms with Gasteiger partial charge in [-0.25, -0.2) is 18.4 Å². The molecule has 0 unspecified atom stereocenters. The molecule has 0 saturated heterocycles. The Bertz CT molecular complexity index is 1210. The third kappa shape index (κ3) is 5.83. The largest absolute Gasteiger partial charge is 0.380 e. The van der Waals surface area contributed by atoms with Crippen LogP contribution in [0.4, 0.5) is 17.3 Å². The van der Waals surface area contributed by atoms with Gasteiger partial charge in [0.15, 0.2) is 14.9 Å². The summed E-state index contributed by atoms with van der Waals surface area (Å²) in [4.78, 5) is 24.4. The standard InChI is InChI=1S/C21H23N5O4S/c1-13-7-20(26-21(8-13)31(4,28)29)25-18-9-19(24-14(2)27)23-11-16(18)17-6-5-15(10-22-17)12-30-3/h5-11H,12H2,1-4H3,(H2,23,24,25,26,27). The summed E-state index contributed by atoms with van der Waals surface area (Å²) in [6.07, 6.45) is 4.40. The minimum atomic E-state index is -3.48. The number of aryl methyl sites for hydroxylation is 1. The zero-order chi connectivity index (χ0) is 22.6. The summed E-state index contributed by atoms with van der Waals surface area (Å²) in [5.74, 6) is 0.421. The van der Waals surface area contributed by atoms with Crippen LogP contribution in [-0.4, -0.2) is 42.6 Å². The van der Waals surface area contributed by atoms with Gasteiger partial charge in [-0.2, -0.15) is 0 Å². The maximum Gasteiger partial charge on any atom is 0.222 e. The number of anilines is 3. The first-order valence-corrected chi connectivity index (χ1v) is 11.2. The van der Waals surface area contributed by atoms with E-state index in [1.807, 2.05) is 12.1 Å². The van der Waals surface area contributed by atoms with Crippen molar-refractivity contribution in [1.82, 2.24) is 15.0 Å². The van der Waals surface area contributed by atoms with Crippen molar-refractivity contribution in [1.29, 1.82) is 0 Å². The van der Waals surface area contributed by atoms with Crippen molar-refractivity contribution in [2.24, 2.45) is 0 Å². The lowest BCUT2D eigenvalue weighted by atomic mass is 10.1. The summed E-state index contributed by atoms with van der Waals surface area (Å²) in [6, 6.07) is 8.61. The number of sulfone groups is 1. The number of ether oxygens (including phenoxy) is 1. The first kappa shape index (κ1) is 22.3. The molecule has 10 heteroatoms. The van der Waals surface area contributed by atoms with Crippen molar-refractivity contribution in [2.45, 2.75) is 25.5 Å². The fourth-order valence-corrected chi connectivity index (χ4v) is 3.54. The Hall–Kier alpha value is -3.37. The van der Waals surface area contributed by atoms with E-state index in [-0.39, 0.29) is 10.9 Å².